The molecular weight excluding hydrogens is 332 g/mol. The van der Waals surface area contributed by atoms with Crippen molar-refractivity contribution in [3.63, 3.8) is 0 Å². The molecule has 2 N–H and O–H groups in total. The molecule has 118 valence electrons. The van der Waals surface area contributed by atoms with E-state index in [9.17, 15) is 4.79 Å². The normalized spacial score (nSPS) is 9.88. The Hall–Kier alpha value is -3.37. The molecule has 0 aliphatic rings. The van der Waals surface area contributed by atoms with Gasteiger partial charge in [0.05, 0.1) is 5.02 Å². The summed E-state index contributed by atoms with van der Waals surface area (Å²) >= 11 is 6.08. The Kier molecular flexibility index (Phi) is 4.40. The fraction of sp³-hybridized carbons (Fsp3) is 0. The molecule has 2 aromatic heterocycles. The van der Waals surface area contributed by atoms with E-state index in [1.165, 1.54) is 6.07 Å². The molecule has 0 saturated carbocycles. The first-order valence-corrected chi connectivity index (χ1v) is 7.07. The molecule has 24 heavy (non-hydrogen) atoms. The van der Waals surface area contributed by atoms with Gasteiger partial charge >= 0.3 is 5.97 Å². The zero-order valence-electron chi connectivity index (χ0n) is 12.0. The molecule has 0 fully saturated rings. The van der Waals surface area contributed by atoms with Gasteiger partial charge < -0.3 is 9.84 Å². The Balaban J connectivity index is 1.88. The number of hydrogen-bond acceptors (Lipinski definition) is 5. The van der Waals surface area contributed by atoms with Gasteiger partial charge in [-0.25, -0.2) is 14.9 Å². The second-order valence-corrected chi connectivity index (χ2v) is 4.90. The predicted molar refractivity (Wildman–Crippen MR) is 85.1 cm³/mol. The molecule has 0 bridgehead atoms. The van der Waals surface area contributed by atoms with Gasteiger partial charge in [0.15, 0.2) is 0 Å². The lowest BCUT2D eigenvalue weighted by atomic mass is 10.2. The zero-order valence-corrected chi connectivity index (χ0v) is 12.8. The monoisotopic (exact) mass is 340 g/mol. The molecule has 0 saturated heterocycles. The van der Waals surface area contributed by atoms with Crippen molar-refractivity contribution in [3.05, 3.63) is 64.4 Å². The van der Waals surface area contributed by atoms with E-state index in [1.807, 2.05) is 30.3 Å². The molecule has 0 amide bonds. The lowest BCUT2D eigenvalue weighted by molar-refractivity contribution is 0.0687. The number of benzene rings is 1. The highest BCUT2D eigenvalue weighted by atomic mass is 35.5. The van der Waals surface area contributed by atoms with Crippen molar-refractivity contribution in [2.45, 2.75) is 0 Å². The Labute approximate surface area is 141 Å². The number of nitrogens with one attached hydrogen (secondary N) is 1. The van der Waals surface area contributed by atoms with E-state index in [4.69, 9.17) is 21.4 Å². The zero-order chi connectivity index (χ0) is 16.9. The van der Waals surface area contributed by atoms with Crippen molar-refractivity contribution < 1.29 is 14.6 Å². The van der Waals surface area contributed by atoms with Crippen LogP contribution in [0.25, 0.3) is 0 Å². The molecule has 0 aliphatic carbocycles. The lowest BCUT2D eigenvalue weighted by Crippen LogP contribution is -2.00. The number of rotatable bonds is 3. The number of ether oxygens (including phenoxy) is 1. The van der Waals surface area contributed by atoms with Crippen LogP contribution in [0.4, 0.5) is 0 Å². The molecule has 8 heteroatoms. The van der Waals surface area contributed by atoms with Crippen LogP contribution in [0.3, 0.4) is 0 Å². The third-order valence-corrected chi connectivity index (χ3v) is 3.15. The van der Waals surface area contributed by atoms with Crippen LogP contribution in [-0.2, 0) is 0 Å². The van der Waals surface area contributed by atoms with Crippen LogP contribution in [0.2, 0.25) is 5.02 Å². The van der Waals surface area contributed by atoms with E-state index >= 15 is 0 Å². The van der Waals surface area contributed by atoms with Crippen LogP contribution < -0.4 is 4.74 Å². The van der Waals surface area contributed by atoms with E-state index in [-0.39, 0.29) is 17.5 Å². The molecule has 0 unspecified atom stereocenters. The molecule has 3 rings (SSSR count). The summed E-state index contributed by atoms with van der Waals surface area (Å²) in [4.78, 5) is 15.2. The predicted octanol–water partition coefficient (Wildman–Crippen LogP) is 2.74. The number of aromatic carboxylic acids is 1. The Morgan fingerprint density at radius 1 is 1.17 bits per heavy atom. The van der Waals surface area contributed by atoms with Crippen LogP contribution in [0.15, 0.2) is 42.5 Å². The van der Waals surface area contributed by atoms with Crippen LogP contribution in [0.5, 0.6) is 11.8 Å². The van der Waals surface area contributed by atoms with Crippen molar-refractivity contribution in [2.75, 3.05) is 0 Å². The van der Waals surface area contributed by atoms with Crippen LogP contribution >= 0.6 is 11.6 Å². The van der Waals surface area contributed by atoms with E-state index in [1.54, 1.807) is 6.07 Å². The van der Waals surface area contributed by atoms with Gasteiger partial charge in [0, 0.05) is 11.6 Å². The number of hydrogen-bond donors (Lipinski definition) is 2. The third-order valence-electron chi connectivity index (χ3n) is 2.85. The fourth-order valence-electron chi connectivity index (χ4n) is 1.76. The van der Waals surface area contributed by atoms with Gasteiger partial charge in [-0.05, 0) is 24.1 Å². The summed E-state index contributed by atoms with van der Waals surface area (Å²) in [5.74, 6) is 4.52. The Morgan fingerprint density at radius 3 is 2.71 bits per heavy atom. The minimum atomic E-state index is -1.27. The van der Waals surface area contributed by atoms with E-state index < -0.39 is 5.97 Å². The van der Waals surface area contributed by atoms with Crippen molar-refractivity contribution >= 4 is 17.6 Å². The average Bonchev–Trinajstić information content (AvgIpc) is 3.05. The number of H-pyrrole nitrogens is 1. The molecule has 0 radical (unpaired) electrons. The van der Waals surface area contributed by atoms with E-state index in [2.05, 4.69) is 32.2 Å². The van der Waals surface area contributed by atoms with Gasteiger partial charge in [-0.15, -0.1) is 5.10 Å². The summed E-state index contributed by atoms with van der Waals surface area (Å²) in [7, 11) is 0. The Morgan fingerprint density at radius 2 is 1.96 bits per heavy atom. The maximum atomic E-state index is 11.0. The van der Waals surface area contributed by atoms with Crippen LogP contribution in [-0.4, -0.2) is 31.5 Å². The highest BCUT2D eigenvalue weighted by Gasteiger charge is 2.17. The summed E-state index contributed by atoms with van der Waals surface area (Å²) in [5, 5.41) is 18.5. The number of pyridine rings is 1. The number of nitrogens with zero attached hydrogens (tertiary/aromatic N) is 3. The second kappa shape index (κ2) is 6.81. The van der Waals surface area contributed by atoms with E-state index in [0.717, 1.165) is 5.56 Å². The number of carboxylic acid groups (broad SMARTS) is 1. The molecular formula is C16H9ClN4O3. The molecule has 0 spiro atoms. The summed E-state index contributed by atoms with van der Waals surface area (Å²) < 4.78 is 5.36. The molecule has 7 nitrogen and oxygen atoms in total. The number of carbonyl (C=O) groups is 1. The molecule has 2 heterocycles. The number of halogens is 1. The topological polar surface area (TPSA) is 101 Å². The van der Waals surface area contributed by atoms with Gasteiger partial charge in [0.2, 0.25) is 11.6 Å². The van der Waals surface area contributed by atoms with Crippen LogP contribution in [0, 0.1) is 11.8 Å². The van der Waals surface area contributed by atoms with Gasteiger partial charge in [-0.3, -0.25) is 0 Å². The third kappa shape index (κ3) is 3.51. The van der Waals surface area contributed by atoms with Gasteiger partial charge in [-0.2, -0.15) is 0 Å². The van der Waals surface area contributed by atoms with Crippen molar-refractivity contribution in [2.24, 2.45) is 0 Å². The quantitative estimate of drug-likeness (QED) is 0.711. The smallest absolute Gasteiger partial charge is 0.362 e. The molecule has 0 aliphatic heterocycles. The molecule has 0 atom stereocenters. The summed E-state index contributed by atoms with van der Waals surface area (Å²) in [6, 6.07) is 12.4. The average molecular weight is 341 g/mol. The standard InChI is InChI=1S/C16H9ClN4O3/c17-11-7-9-13(24-15-14(16(22)23)19-21-20-15)18-12(11)8-6-10-4-2-1-3-5-10/h1-5,7,9H,(H,22,23)(H,19,20,21). The first kappa shape index (κ1) is 15.5. The molecule has 3 aromatic rings. The molecule has 1 aromatic carbocycles. The second-order valence-electron chi connectivity index (χ2n) is 4.49. The van der Waals surface area contributed by atoms with Gasteiger partial charge in [0.25, 0.3) is 5.88 Å². The summed E-state index contributed by atoms with van der Waals surface area (Å²) in [6.07, 6.45) is 0. The first-order chi connectivity index (χ1) is 11.6. The van der Waals surface area contributed by atoms with Crippen molar-refractivity contribution in [3.8, 4) is 23.6 Å². The summed E-state index contributed by atoms with van der Waals surface area (Å²) in [6.45, 7) is 0. The summed E-state index contributed by atoms with van der Waals surface area (Å²) in [5.41, 5.74) is 0.777. The maximum absolute atomic E-state index is 11.0. The van der Waals surface area contributed by atoms with Gasteiger partial charge in [0.1, 0.15) is 5.69 Å². The van der Waals surface area contributed by atoms with Crippen LogP contribution in [0.1, 0.15) is 21.7 Å². The highest BCUT2D eigenvalue weighted by Crippen LogP contribution is 2.23. The van der Waals surface area contributed by atoms with Crippen molar-refractivity contribution in [1.29, 1.82) is 0 Å². The number of aromatic amines is 1. The SMILES string of the molecule is O=C(O)c1nn[nH]c1Oc1ccc(Cl)c(C#Cc2ccccc2)n1. The first-order valence-electron chi connectivity index (χ1n) is 6.69. The maximum Gasteiger partial charge on any atom is 0.362 e. The fourth-order valence-corrected chi connectivity index (χ4v) is 1.91. The highest BCUT2D eigenvalue weighted by molar-refractivity contribution is 6.31. The minimum Gasteiger partial charge on any atom is -0.476 e. The van der Waals surface area contributed by atoms with Gasteiger partial charge in [-0.1, -0.05) is 40.9 Å². The minimum absolute atomic E-state index is 0.116. The Bertz CT molecular complexity index is 945. The van der Waals surface area contributed by atoms with Crippen molar-refractivity contribution in [1.82, 2.24) is 20.4 Å². The number of aromatic nitrogens is 4. The lowest BCUT2D eigenvalue weighted by Gasteiger charge is -2.03. The number of carboxylic acids is 1. The largest absolute Gasteiger partial charge is 0.476 e. The van der Waals surface area contributed by atoms with E-state index in [0.29, 0.717) is 10.7 Å².